The summed E-state index contributed by atoms with van der Waals surface area (Å²) in [7, 11) is 1.60. The van der Waals surface area contributed by atoms with E-state index < -0.39 is 16.8 Å². The number of benzene rings is 2. The van der Waals surface area contributed by atoms with E-state index in [9.17, 15) is 14.7 Å². The molecule has 5 heteroatoms. The van der Waals surface area contributed by atoms with Crippen LogP contribution in [0.2, 0.25) is 0 Å². The molecule has 1 saturated carbocycles. The van der Waals surface area contributed by atoms with Crippen molar-refractivity contribution < 1.29 is 19.4 Å². The van der Waals surface area contributed by atoms with E-state index in [1.165, 1.54) is 0 Å². The number of likely N-dealkylation sites (tertiary alicyclic amines) is 1. The van der Waals surface area contributed by atoms with Crippen molar-refractivity contribution in [1.82, 2.24) is 4.90 Å². The van der Waals surface area contributed by atoms with Crippen molar-refractivity contribution in [3.63, 3.8) is 0 Å². The summed E-state index contributed by atoms with van der Waals surface area (Å²) in [5.41, 5.74) is -0.00958. The van der Waals surface area contributed by atoms with E-state index >= 15 is 0 Å². The lowest BCUT2D eigenvalue weighted by molar-refractivity contribution is -0.160. The van der Waals surface area contributed by atoms with Crippen LogP contribution in [-0.4, -0.2) is 47.4 Å². The molecule has 0 radical (unpaired) electrons. The van der Waals surface area contributed by atoms with Crippen LogP contribution in [0.4, 0.5) is 0 Å². The molecule has 0 amide bonds. The highest BCUT2D eigenvalue weighted by atomic mass is 16.5. The van der Waals surface area contributed by atoms with Gasteiger partial charge in [-0.1, -0.05) is 42.5 Å². The quantitative estimate of drug-likeness (QED) is 0.827. The lowest BCUT2D eigenvalue weighted by Crippen LogP contribution is -2.67. The largest absolute Gasteiger partial charge is 0.497 e. The third-order valence-corrected chi connectivity index (χ3v) is 6.33. The molecule has 2 fully saturated rings. The van der Waals surface area contributed by atoms with Crippen LogP contribution < -0.4 is 4.74 Å². The number of hydrogen-bond acceptors (Lipinski definition) is 5. The molecule has 2 aromatic rings. The summed E-state index contributed by atoms with van der Waals surface area (Å²) >= 11 is 0. The Morgan fingerprint density at radius 2 is 1.79 bits per heavy atom. The van der Waals surface area contributed by atoms with Gasteiger partial charge in [-0.25, -0.2) is 0 Å². The number of nitrogens with zero attached hydrogens (tertiary/aromatic N) is 1. The summed E-state index contributed by atoms with van der Waals surface area (Å²) < 4.78 is 5.36. The summed E-state index contributed by atoms with van der Waals surface area (Å²) in [5, 5.41) is 11.7. The number of ether oxygens (including phenoxy) is 1. The van der Waals surface area contributed by atoms with Crippen LogP contribution in [0.3, 0.4) is 0 Å². The first-order valence-electron chi connectivity index (χ1n) is 9.65. The van der Waals surface area contributed by atoms with Crippen molar-refractivity contribution in [2.75, 3.05) is 20.2 Å². The third kappa shape index (κ3) is 3.15. The van der Waals surface area contributed by atoms with E-state index in [4.69, 9.17) is 4.74 Å². The average Bonchev–Trinajstić information content (AvgIpc) is 2.70. The number of piperidine rings is 1. The first-order valence-corrected chi connectivity index (χ1v) is 9.65. The molecule has 4 rings (SSSR count). The fraction of sp³-hybridized carbons (Fsp3) is 0.391. The second-order valence-corrected chi connectivity index (χ2v) is 7.99. The van der Waals surface area contributed by atoms with Gasteiger partial charge in [0.25, 0.3) is 0 Å². The van der Waals surface area contributed by atoms with Gasteiger partial charge in [0.05, 0.1) is 12.7 Å². The predicted octanol–water partition coefficient (Wildman–Crippen LogP) is 2.50. The molecule has 0 unspecified atom stereocenters. The lowest BCUT2D eigenvalue weighted by Gasteiger charge is -2.55. The van der Waals surface area contributed by atoms with Crippen molar-refractivity contribution in [3.8, 4) is 5.75 Å². The van der Waals surface area contributed by atoms with Crippen molar-refractivity contribution in [1.29, 1.82) is 0 Å². The lowest BCUT2D eigenvalue weighted by atomic mass is 9.55. The molecule has 2 atom stereocenters. The zero-order valence-electron chi connectivity index (χ0n) is 16.1. The highest BCUT2D eigenvalue weighted by molar-refractivity contribution is 6.38. The van der Waals surface area contributed by atoms with Crippen molar-refractivity contribution in [3.05, 3.63) is 65.7 Å². The van der Waals surface area contributed by atoms with Gasteiger partial charge in [0.2, 0.25) is 5.78 Å². The van der Waals surface area contributed by atoms with E-state index in [-0.39, 0.29) is 18.6 Å². The Kier molecular flexibility index (Phi) is 4.81. The Bertz CT molecular complexity index is 896. The normalized spacial score (nSPS) is 28.1. The maximum absolute atomic E-state index is 12.4. The van der Waals surface area contributed by atoms with Gasteiger partial charge in [0.1, 0.15) is 5.75 Å². The summed E-state index contributed by atoms with van der Waals surface area (Å²) in [6.45, 7) is 1.81. The molecule has 0 spiro atoms. The number of fused-ring (bicyclic) bond motifs is 1. The minimum absolute atomic E-state index is 0.0503. The second kappa shape index (κ2) is 7.15. The molecule has 0 bridgehead atoms. The fourth-order valence-corrected chi connectivity index (χ4v) is 4.81. The SMILES string of the molecule is COc1cccc([C@]23CCN(Cc4ccccc4)C[C@]2(O)CC(=O)C(=O)C3)c1. The topological polar surface area (TPSA) is 66.8 Å². The summed E-state index contributed by atoms with van der Waals surface area (Å²) in [4.78, 5) is 26.8. The predicted molar refractivity (Wildman–Crippen MR) is 105 cm³/mol. The second-order valence-electron chi connectivity index (χ2n) is 7.99. The van der Waals surface area contributed by atoms with Crippen LogP contribution in [0.25, 0.3) is 0 Å². The minimum atomic E-state index is -1.28. The summed E-state index contributed by atoms with van der Waals surface area (Å²) in [6.07, 6.45) is 0.533. The van der Waals surface area contributed by atoms with E-state index in [2.05, 4.69) is 17.0 Å². The molecule has 2 aliphatic rings. The molecule has 1 N–H and O–H groups in total. The van der Waals surface area contributed by atoms with Crippen LogP contribution in [0.5, 0.6) is 5.75 Å². The molecule has 1 saturated heterocycles. The molecule has 5 nitrogen and oxygen atoms in total. The van der Waals surface area contributed by atoms with Crippen molar-refractivity contribution in [2.45, 2.75) is 36.8 Å². The molecule has 1 aliphatic heterocycles. The Balaban J connectivity index is 1.69. The van der Waals surface area contributed by atoms with Crippen LogP contribution in [-0.2, 0) is 21.5 Å². The smallest absolute Gasteiger partial charge is 0.201 e. The number of Topliss-reactive ketones (excluding diaryl/α,β-unsaturated/α-hetero) is 2. The van der Waals surface area contributed by atoms with Gasteiger partial charge >= 0.3 is 0 Å². The standard InChI is InChI=1S/C23H25NO4/c1-28-19-9-5-8-18(12-19)22-10-11-24(15-17-6-3-2-4-7-17)16-23(22,27)14-21(26)20(25)13-22/h2-9,12,27H,10-11,13-16H2,1H3/t22-,23-/m1/s1. The highest BCUT2D eigenvalue weighted by Gasteiger charge is 2.59. The van der Waals surface area contributed by atoms with Gasteiger partial charge in [0, 0.05) is 31.3 Å². The molecule has 1 heterocycles. The average molecular weight is 379 g/mol. The fourth-order valence-electron chi connectivity index (χ4n) is 4.81. The van der Waals surface area contributed by atoms with Crippen LogP contribution in [0.1, 0.15) is 30.4 Å². The van der Waals surface area contributed by atoms with E-state index in [0.29, 0.717) is 25.3 Å². The van der Waals surface area contributed by atoms with Gasteiger partial charge < -0.3 is 9.84 Å². The Hall–Kier alpha value is -2.50. The zero-order valence-corrected chi connectivity index (χ0v) is 16.1. The highest BCUT2D eigenvalue weighted by Crippen LogP contribution is 2.50. The number of carbonyl (C=O) groups excluding carboxylic acids is 2. The Labute approximate surface area is 164 Å². The van der Waals surface area contributed by atoms with Gasteiger partial charge in [-0.15, -0.1) is 0 Å². The van der Waals surface area contributed by atoms with E-state index in [0.717, 1.165) is 17.7 Å². The zero-order chi connectivity index (χ0) is 19.8. The molecule has 1 aliphatic carbocycles. The van der Waals surface area contributed by atoms with Crippen LogP contribution in [0.15, 0.2) is 54.6 Å². The molecule has 2 aromatic carbocycles. The van der Waals surface area contributed by atoms with Gasteiger partial charge in [0.15, 0.2) is 5.78 Å². The number of aliphatic hydroxyl groups is 1. The Morgan fingerprint density at radius 3 is 2.54 bits per heavy atom. The summed E-state index contributed by atoms with van der Waals surface area (Å²) in [5.74, 6) is -0.170. The van der Waals surface area contributed by atoms with Crippen molar-refractivity contribution >= 4 is 11.6 Å². The molecule has 28 heavy (non-hydrogen) atoms. The van der Waals surface area contributed by atoms with Crippen LogP contribution >= 0.6 is 0 Å². The molecule has 146 valence electrons. The monoisotopic (exact) mass is 379 g/mol. The first-order chi connectivity index (χ1) is 13.5. The molecular formula is C23H25NO4. The number of β-amino-alcohol motifs (C(OH)–C–C–N with tert-alkyl or cyclic N) is 1. The van der Waals surface area contributed by atoms with Crippen molar-refractivity contribution in [2.24, 2.45) is 0 Å². The number of methoxy groups -OCH3 is 1. The minimum Gasteiger partial charge on any atom is -0.497 e. The maximum Gasteiger partial charge on any atom is 0.201 e. The number of carbonyl (C=O) groups is 2. The molecular weight excluding hydrogens is 354 g/mol. The third-order valence-electron chi connectivity index (χ3n) is 6.33. The van der Waals surface area contributed by atoms with E-state index in [1.807, 2.05) is 42.5 Å². The molecule has 0 aromatic heterocycles. The van der Waals surface area contributed by atoms with Crippen LogP contribution in [0, 0.1) is 0 Å². The first kappa shape index (κ1) is 18.8. The number of rotatable bonds is 4. The number of ketones is 2. The van der Waals surface area contributed by atoms with Gasteiger partial charge in [-0.2, -0.15) is 0 Å². The Morgan fingerprint density at radius 1 is 1.04 bits per heavy atom. The van der Waals surface area contributed by atoms with Gasteiger partial charge in [-0.3, -0.25) is 14.5 Å². The van der Waals surface area contributed by atoms with E-state index in [1.54, 1.807) is 7.11 Å². The van der Waals surface area contributed by atoms with Gasteiger partial charge in [-0.05, 0) is 36.2 Å². The maximum atomic E-state index is 12.4. The number of hydrogen-bond donors (Lipinski definition) is 1. The summed E-state index contributed by atoms with van der Waals surface area (Å²) in [6, 6.07) is 17.6.